The Bertz CT molecular complexity index is 825. The van der Waals surface area contributed by atoms with Gasteiger partial charge in [0.05, 0.1) is 18.0 Å². The van der Waals surface area contributed by atoms with Gasteiger partial charge in [0, 0.05) is 22.2 Å². The van der Waals surface area contributed by atoms with Crippen molar-refractivity contribution in [1.82, 2.24) is 14.6 Å². The summed E-state index contributed by atoms with van der Waals surface area (Å²) in [4.78, 5) is 4.08. The fourth-order valence-electron chi connectivity index (χ4n) is 3.46. The predicted octanol–water partition coefficient (Wildman–Crippen LogP) is 3.04. The van der Waals surface area contributed by atoms with Crippen molar-refractivity contribution < 1.29 is 4.90 Å². The van der Waals surface area contributed by atoms with Crippen LogP contribution in [0.2, 0.25) is 0 Å². The van der Waals surface area contributed by atoms with Crippen LogP contribution in [0.3, 0.4) is 0 Å². The predicted molar refractivity (Wildman–Crippen MR) is 96.8 cm³/mol. The summed E-state index contributed by atoms with van der Waals surface area (Å²) in [6.45, 7) is 6.06. The van der Waals surface area contributed by atoms with Gasteiger partial charge >= 0.3 is 0 Å². The fraction of sp³-hybridized carbons (Fsp3) is 0.412. The van der Waals surface area contributed by atoms with Crippen LogP contribution in [0, 0.1) is 5.92 Å². The molecule has 0 spiro atoms. The molecule has 1 aliphatic rings. The lowest BCUT2D eigenvalue weighted by molar-refractivity contribution is -0.921. The molecule has 1 fully saturated rings. The Balaban J connectivity index is 1.61. The van der Waals surface area contributed by atoms with Gasteiger partial charge in [-0.15, -0.1) is 10.2 Å². The van der Waals surface area contributed by atoms with Gasteiger partial charge in [0.15, 0.2) is 5.82 Å². The van der Waals surface area contributed by atoms with Crippen molar-refractivity contribution in [2.75, 3.05) is 13.1 Å². The monoisotopic (exact) mass is 391 g/mol. The quantitative estimate of drug-likeness (QED) is 0.744. The van der Waals surface area contributed by atoms with Gasteiger partial charge in [-0.1, -0.05) is 46.3 Å². The van der Waals surface area contributed by atoms with Gasteiger partial charge in [0.25, 0.3) is 0 Å². The zero-order chi connectivity index (χ0) is 15.8. The molecule has 120 valence electrons. The Hall–Kier alpha value is -1.24. The number of hydrogen-bond acceptors (Lipinski definition) is 3. The second-order valence-electron chi connectivity index (χ2n) is 6.51. The number of piperidine rings is 1. The number of aromatic nitrogens is 3. The van der Waals surface area contributed by atoms with E-state index >= 15 is 0 Å². The molecular formula is C17H20BrN4S+. The summed E-state index contributed by atoms with van der Waals surface area (Å²) in [7, 11) is 0. The molecule has 1 saturated heterocycles. The Morgan fingerprint density at radius 2 is 2.30 bits per heavy atom. The van der Waals surface area contributed by atoms with E-state index < -0.39 is 0 Å². The summed E-state index contributed by atoms with van der Waals surface area (Å²) in [5, 5.41) is 8.72. The highest BCUT2D eigenvalue weighted by atomic mass is 79.9. The first-order chi connectivity index (χ1) is 11.2. The third-order valence-electron chi connectivity index (χ3n) is 4.53. The number of halogens is 1. The highest BCUT2D eigenvalue weighted by Crippen LogP contribution is 2.25. The number of nitrogens with zero attached hydrogens (tertiary/aromatic N) is 3. The SMILES string of the molecule is C[C@H]1CCC[NH+](Cc2cn3c(-c4cccc(Br)c4)nnc3s2)C1. The summed E-state index contributed by atoms with van der Waals surface area (Å²) in [6.07, 6.45) is 4.96. The molecule has 4 rings (SSSR count). The fourth-order valence-corrected chi connectivity index (χ4v) is 4.85. The Labute approximate surface area is 148 Å². The second kappa shape index (κ2) is 6.34. The van der Waals surface area contributed by atoms with Crippen LogP contribution in [-0.2, 0) is 6.54 Å². The highest BCUT2D eigenvalue weighted by molar-refractivity contribution is 9.10. The van der Waals surface area contributed by atoms with Crippen LogP contribution < -0.4 is 4.90 Å². The zero-order valence-corrected chi connectivity index (χ0v) is 15.5. The molecule has 2 atom stereocenters. The number of rotatable bonds is 3. The lowest BCUT2D eigenvalue weighted by atomic mass is 10.0. The van der Waals surface area contributed by atoms with Gasteiger partial charge in [-0.25, -0.2) is 0 Å². The topological polar surface area (TPSA) is 34.6 Å². The van der Waals surface area contributed by atoms with E-state index in [9.17, 15) is 0 Å². The summed E-state index contributed by atoms with van der Waals surface area (Å²) in [5.41, 5.74) is 1.09. The maximum Gasteiger partial charge on any atom is 0.216 e. The van der Waals surface area contributed by atoms with Crippen molar-refractivity contribution >= 4 is 32.2 Å². The van der Waals surface area contributed by atoms with Gasteiger partial charge < -0.3 is 4.90 Å². The number of nitrogens with one attached hydrogen (secondary N) is 1. The standard InChI is InChI=1S/C17H19BrN4S/c1-12-4-3-7-21(9-12)10-15-11-22-16(19-20-17(22)23-15)13-5-2-6-14(18)8-13/h2,5-6,8,11-12H,3-4,7,9-10H2,1H3/p+1/t12-/m0/s1. The molecular weight excluding hydrogens is 372 g/mol. The zero-order valence-electron chi connectivity index (χ0n) is 13.1. The minimum atomic E-state index is 0.849. The average Bonchev–Trinajstić information content (AvgIpc) is 3.07. The molecule has 1 aliphatic heterocycles. The van der Waals surface area contributed by atoms with Crippen molar-refractivity contribution in [1.29, 1.82) is 0 Å². The Morgan fingerprint density at radius 1 is 1.39 bits per heavy atom. The number of thiazole rings is 1. The first-order valence-electron chi connectivity index (χ1n) is 8.12. The average molecular weight is 392 g/mol. The third-order valence-corrected chi connectivity index (χ3v) is 6.00. The molecule has 0 bridgehead atoms. The molecule has 6 heteroatoms. The van der Waals surface area contributed by atoms with E-state index in [0.29, 0.717) is 0 Å². The van der Waals surface area contributed by atoms with E-state index in [1.807, 2.05) is 12.1 Å². The molecule has 0 saturated carbocycles. The molecule has 1 N–H and O–H groups in total. The molecule has 1 unspecified atom stereocenters. The minimum absolute atomic E-state index is 0.849. The lowest BCUT2D eigenvalue weighted by Crippen LogP contribution is -3.12. The summed E-state index contributed by atoms with van der Waals surface area (Å²) in [5.74, 6) is 1.77. The number of fused-ring (bicyclic) bond motifs is 1. The lowest BCUT2D eigenvalue weighted by Gasteiger charge is -2.27. The van der Waals surface area contributed by atoms with Gasteiger partial charge in [-0.05, 0) is 25.0 Å². The summed E-state index contributed by atoms with van der Waals surface area (Å²) < 4.78 is 3.20. The van der Waals surface area contributed by atoms with E-state index in [1.54, 1.807) is 16.2 Å². The largest absolute Gasteiger partial charge is 0.330 e. The Morgan fingerprint density at radius 3 is 3.13 bits per heavy atom. The third kappa shape index (κ3) is 3.20. The first kappa shape index (κ1) is 15.3. The van der Waals surface area contributed by atoms with Gasteiger partial charge in [0.2, 0.25) is 4.96 Å². The minimum Gasteiger partial charge on any atom is -0.330 e. The highest BCUT2D eigenvalue weighted by Gasteiger charge is 2.21. The molecule has 0 amide bonds. The molecule has 3 heterocycles. The summed E-state index contributed by atoms with van der Waals surface area (Å²) >= 11 is 5.30. The van der Waals surface area contributed by atoms with Crippen molar-refractivity contribution in [3.05, 3.63) is 39.8 Å². The van der Waals surface area contributed by atoms with Crippen LogP contribution in [0.5, 0.6) is 0 Å². The number of quaternary nitrogens is 1. The van der Waals surface area contributed by atoms with Crippen molar-refractivity contribution in [2.45, 2.75) is 26.3 Å². The maximum absolute atomic E-state index is 4.36. The molecule has 0 aliphatic carbocycles. The molecule has 23 heavy (non-hydrogen) atoms. The van der Waals surface area contributed by atoms with Crippen molar-refractivity contribution in [3.8, 4) is 11.4 Å². The van der Waals surface area contributed by atoms with Crippen LogP contribution in [0.1, 0.15) is 24.6 Å². The summed E-state index contributed by atoms with van der Waals surface area (Å²) in [6, 6.07) is 8.23. The van der Waals surface area contributed by atoms with E-state index in [2.05, 4.69) is 55.8 Å². The molecule has 1 aromatic carbocycles. The van der Waals surface area contributed by atoms with Crippen molar-refractivity contribution in [2.24, 2.45) is 5.92 Å². The van der Waals surface area contributed by atoms with Crippen LogP contribution in [0.25, 0.3) is 16.3 Å². The molecule has 4 nitrogen and oxygen atoms in total. The van der Waals surface area contributed by atoms with Crippen LogP contribution in [0.4, 0.5) is 0 Å². The van der Waals surface area contributed by atoms with Crippen LogP contribution >= 0.6 is 27.3 Å². The molecule has 0 radical (unpaired) electrons. The smallest absolute Gasteiger partial charge is 0.216 e. The number of hydrogen-bond donors (Lipinski definition) is 1. The first-order valence-corrected chi connectivity index (χ1v) is 9.73. The number of benzene rings is 1. The van der Waals surface area contributed by atoms with Gasteiger partial charge in [0.1, 0.15) is 6.54 Å². The normalized spacial score (nSPS) is 21.8. The van der Waals surface area contributed by atoms with Gasteiger partial charge in [-0.2, -0.15) is 0 Å². The Kier molecular flexibility index (Phi) is 4.22. The van der Waals surface area contributed by atoms with E-state index in [1.165, 1.54) is 30.8 Å². The molecule has 2 aromatic heterocycles. The van der Waals surface area contributed by atoms with Crippen LogP contribution in [0.15, 0.2) is 34.9 Å². The van der Waals surface area contributed by atoms with Gasteiger partial charge in [-0.3, -0.25) is 4.40 Å². The van der Waals surface area contributed by atoms with Crippen LogP contribution in [-0.4, -0.2) is 27.7 Å². The van der Waals surface area contributed by atoms with E-state index in [4.69, 9.17) is 0 Å². The number of likely N-dealkylation sites (tertiary alicyclic amines) is 1. The van der Waals surface area contributed by atoms with Crippen molar-refractivity contribution in [3.63, 3.8) is 0 Å². The maximum atomic E-state index is 4.36. The van der Waals surface area contributed by atoms with E-state index in [-0.39, 0.29) is 0 Å². The van der Waals surface area contributed by atoms with E-state index in [0.717, 1.165) is 33.3 Å². The molecule has 3 aromatic rings. The second-order valence-corrected chi connectivity index (χ2v) is 8.52.